The fourth-order valence-electron chi connectivity index (χ4n) is 1.43. The topological polar surface area (TPSA) is 88.9 Å². The van der Waals surface area contributed by atoms with Crippen molar-refractivity contribution in [3.8, 4) is 0 Å². The Hall–Kier alpha value is -1.27. The van der Waals surface area contributed by atoms with Gasteiger partial charge in [0.1, 0.15) is 0 Å². The summed E-state index contributed by atoms with van der Waals surface area (Å²) in [5.41, 5.74) is 14.9. The molecule has 0 unspecified atom stereocenters. The quantitative estimate of drug-likeness (QED) is 0.581. The molecule has 1 heterocycles. The Labute approximate surface area is 96.3 Å². The van der Waals surface area contributed by atoms with Gasteiger partial charge in [-0.15, -0.1) is 5.10 Å². The number of hydrazine groups is 1. The predicted octanol–water partition coefficient (Wildman–Crippen LogP) is -0.262. The van der Waals surface area contributed by atoms with Gasteiger partial charge in [-0.1, -0.05) is 0 Å². The van der Waals surface area contributed by atoms with E-state index in [4.69, 9.17) is 16.2 Å². The van der Waals surface area contributed by atoms with Crippen LogP contribution in [-0.2, 0) is 4.74 Å². The normalized spacial score (nSPS) is 15.3. The Balaban J connectivity index is 2.61. The Morgan fingerprint density at radius 1 is 1.44 bits per heavy atom. The molecule has 92 valence electrons. The van der Waals surface area contributed by atoms with E-state index in [0.717, 1.165) is 25.0 Å². The SMILES string of the molecule is CCOC1=NNN(CCN)C=C1CCCN. The first-order valence-electron chi connectivity index (χ1n) is 5.65. The van der Waals surface area contributed by atoms with Crippen LogP contribution in [0.3, 0.4) is 0 Å². The Morgan fingerprint density at radius 2 is 2.25 bits per heavy atom. The lowest BCUT2D eigenvalue weighted by molar-refractivity contribution is 0.252. The number of hydrogen-bond acceptors (Lipinski definition) is 6. The smallest absolute Gasteiger partial charge is 0.237 e. The van der Waals surface area contributed by atoms with E-state index >= 15 is 0 Å². The Morgan fingerprint density at radius 3 is 2.88 bits per heavy atom. The van der Waals surface area contributed by atoms with Crippen molar-refractivity contribution in [1.82, 2.24) is 10.5 Å². The van der Waals surface area contributed by atoms with E-state index in [9.17, 15) is 0 Å². The van der Waals surface area contributed by atoms with Crippen molar-refractivity contribution in [2.24, 2.45) is 16.6 Å². The minimum absolute atomic E-state index is 0.577. The van der Waals surface area contributed by atoms with E-state index in [2.05, 4.69) is 10.6 Å². The molecule has 5 N–H and O–H groups in total. The van der Waals surface area contributed by atoms with Crippen LogP contribution in [-0.4, -0.2) is 37.1 Å². The summed E-state index contributed by atoms with van der Waals surface area (Å²) >= 11 is 0. The highest BCUT2D eigenvalue weighted by atomic mass is 16.5. The molecule has 0 saturated heterocycles. The standard InChI is InChI=1S/C10H21N5O/c1-2-16-10-9(4-3-5-11)8-15(7-6-12)14-13-10/h8,14H,2-7,11-12H2,1H3. The van der Waals surface area contributed by atoms with Crippen molar-refractivity contribution in [2.45, 2.75) is 19.8 Å². The number of rotatable bonds is 6. The molecule has 0 fully saturated rings. The van der Waals surface area contributed by atoms with Gasteiger partial charge in [0, 0.05) is 18.3 Å². The minimum atomic E-state index is 0.577. The van der Waals surface area contributed by atoms with E-state index in [1.54, 1.807) is 0 Å². The van der Waals surface area contributed by atoms with Gasteiger partial charge in [-0.25, -0.2) is 5.53 Å². The van der Waals surface area contributed by atoms with Gasteiger partial charge in [0.15, 0.2) is 0 Å². The number of hydrogen-bond donors (Lipinski definition) is 3. The number of hydrazone groups is 1. The zero-order valence-electron chi connectivity index (χ0n) is 9.78. The molecule has 0 radical (unpaired) electrons. The van der Waals surface area contributed by atoms with Gasteiger partial charge < -0.3 is 16.2 Å². The predicted molar refractivity (Wildman–Crippen MR) is 64.3 cm³/mol. The summed E-state index contributed by atoms with van der Waals surface area (Å²) in [6.07, 6.45) is 3.78. The molecular weight excluding hydrogens is 206 g/mol. The van der Waals surface area contributed by atoms with Crippen LogP contribution in [0, 0.1) is 0 Å². The first-order chi connectivity index (χ1) is 7.81. The summed E-state index contributed by atoms with van der Waals surface area (Å²) < 4.78 is 5.44. The highest BCUT2D eigenvalue weighted by Crippen LogP contribution is 2.12. The first-order valence-corrected chi connectivity index (χ1v) is 5.65. The largest absolute Gasteiger partial charge is 0.477 e. The second kappa shape index (κ2) is 7.08. The monoisotopic (exact) mass is 227 g/mol. The van der Waals surface area contributed by atoms with Gasteiger partial charge in [-0.3, -0.25) is 5.01 Å². The van der Waals surface area contributed by atoms with Gasteiger partial charge in [0.2, 0.25) is 5.90 Å². The zero-order chi connectivity index (χ0) is 11.8. The lowest BCUT2D eigenvalue weighted by Gasteiger charge is -2.25. The fraction of sp³-hybridized carbons (Fsp3) is 0.700. The fourth-order valence-corrected chi connectivity index (χ4v) is 1.43. The summed E-state index contributed by atoms with van der Waals surface area (Å²) in [5, 5.41) is 6.01. The van der Waals surface area contributed by atoms with Gasteiger partial charge in [0.25, 0.3) is 0 Å². The second-order valence-electron chi connectivity index (χ2n) is 3.48. The van der Waals surface area contributed by atoms with Crippen LogP contribution in [0.2, 0.25) is 0 Å². The first kappa shape index (κ1) is 12.8. The van der Waals surface area contributed by atoms with Crippen LogP contribution in [0.4, 0.5) is 0 Å². The van der Waals surface area contributed by atoms with E-state index in [0.29, 0.717) is 25.6 Å². The van der Waals surface area contributed by atoms with Crippen molar-refractivity contribution >= 4 is 5.90 Å². The van der Waals surface area contributed by atoms with E-state index in [1.165, 1.54) is 0 Å². The summed E-state index contributed by atoms with van der Waals surface area (Å²) in [4.78, 5) is 0. The molecule has 0 atom stereocenters. The maximum Gasteiger partial charge on any atom is 0.237 e. The van der Waals surface area contributed by atoms with Crippen LogP contribution in [0.15, 0.2) is 16.9 Å². The molecule has 1 rings (SSSR count). The van der Waals surface area contributed by atoms with Crippen molar-refractivity contribution in [3.05, 3.63) is 11.8 Å². The Kier molecular flexibility index (Phi) is 5.66. The van der Waals surface area contributed by atoms with E-state index in [1.807, 2.05) is 18.1 Å². The van der Waals surface area contributed by atoms with Gasteiger partial charge in [-0.05, 0) is 26.3 Å². The number of nitrogens with one attached hydrogen (secondary N) is 1. The molecule has 0 amide bonds. The molecule has 0 saturated carbocycles. The molecule has 1 aliphatic rings. The van der Waals surface area contributed by atoms with Crippen molar-refractivity contribution in [2.75, 3.05) is 26.2 Å². The van der Waals surface area contributed by atoms with Crippen LogP contribution < -0.4 is 17.0 Å². The lowest BCUT2D eigenvalue weighted by Crippen LogP contribution is -2.38. The van der Waals surface area contributed by atoms with Crippen LogP contribution >= 0.6 is 0 Å². The second-order valence-corrected chi connectivity index (χ2v) is 3.48. The average molecular weight is 227 g/mol. The van der Waals surface area contributed by atoms with Crippen molar-refractivity contribution in [1.29, 1.82) is 0 Å². The lowest BCUT2D eigenvalue weighted by atomic mass is 10.1. The van der Waals surface area contributed by atoms with Crippen LogP contribution in [0.1, 0.15) is 19.8 Å². The minimum Gasteiger partial charge on any atom is -0.477 e. The third-order valence-corrected chi connectivity index (χ3v) is 2.17. The molecule has 0 aromatic carbocycles. The number of ether oxygens (including phenoxy) is 1. The molecule has 6 heteroatoms. The molecule has 16 heavy (non-hydrogen) atoms. The summed E-state index contributed by atoms with van der Waals surface area (Å²) in [7, 11) is 0. The third-order valence-electron chi connectivity index (χ3n) is 2.17. The van der Waals surface area contributed by atoms with Gasteiger partial charge >= 0.3 is 0 Å². The van der Waals surface area contributed by atoms with E-state index < -0.39 is 0 Å². The molecule has 1 aliphatic heterocycles. The maximum absolute atomic E-state index is 5.50. The highest BCUT2D eigenvalue weighted by molar-refractivity contribution is 5.93. The molecule has 0 aliphatic carbocycles. The average Bonchev–Trinajstić information content (AvgIpc) is 2.30. The van der Waals surface area contributed by atoms with Crippen LogP contribution in [0.25, 0.3) is 0 Å². The maximum atomic E-state index is 5.50. The number of nitrogens with two attached hydrogens (primary N) is 2. The zero-order valence-corrected chi connectivity index (χ0v) is 9.78. The van der Waals surface area contributed by atoms with Gasteiger partial charge in [0.05, 0.1) is 13.2 Å². The molecule has 0 aromatic heterocycles. The number of nitrogens with zero attached hydrogens (tertiary/aromatic N) is 2. The molecule has 0 aromatic rings. The van der Waals surface area contributed by atoms with Crippen LogP contribution in [0.5, 0.6) is 0 Å². The highest BCUT2D eigenvalue weighted by Gasteiger charge is 2.15. The molecule has 6 nitrogen and oxygen atoms in total. The summed E-state index contributed by atoms with van der Waals surface area (Å²) in [5.74, 6) is 0.657. The van der Waals surface area contributed by atoms with Crippen molar-refractivity contribution < 1.29 is 4.74 Å². The molecule has 0 spiro atoms. The molecule has 0 bridgehead atoms. The van der Waals surface area contributed by atoms with Crippen molar-refractivity contribution in [3.63, 3.8) is 0 Å². The summed E-state index contributed by atoms with van der Waals surface area (Å²) in [6.45, 7) is 4.51. The van der Waals surface area contributed by atoms with E-state index in [-0.39, 0.29) is 0 Å². The molecular formula is C10H21N5O. The van der Waals surface area contributed by atoms with Gasteiger partial charge in [-0.2, -0.15) is 0 Å². The Bertz CT molecular complexity index is 264. The summed E-state index contributed by atoms with van der Waals surface area (Å²) in [6, 6.07) is 0. The third kappa shape index (κ3) is 3.71.